The molecule has 0 atom stereocenters. The zero-order valence-corrected chi connectivity index (χ0v) is 11.2. The molecule has 0 saturated heterocycles. The lowest BCUT2D eigenvalue weighted by Crippen LogP contribution is -1.79. The monoisotopic (exact) mass is 266 g/mol. The van der Waals surface area contributed by atoms with Crippen LogP contribution in [0.1, 0.15) is 0 Å². The van der Waals surface area contributed by atoms with Gasteiger partial charge in [0.25, 0.3) is 0 Å². The first kappa shape index (κ1) is 10.3. The third-order valence-electron chi connectivity index (χ3n) is 3.23. The highest BCUT2D eigenvalue weighted by Crippen LogP contribution is 2.40. The fourth-order valence-corrected chi connectivity index (χ4v) is 4.25. The molecule has 0 unspecified atom stereocenters. The molecule has 2 heterocycles. The molecule has 0 radical (unpaired) electrons. The van der Waals surface area contributed by atoms with Crippen LogP contribution in [-0.4, -0.2) is 0 Å². The number of benzene rings is 2. The van der Waals surface area contributed by atoms with Gasteiger partial charge in [0.2, 0.25) is 0 Å². The van der Waals surface area contributed by atoms with E-state index in [-0.39, 0.29) is 0 Å². The second kappa shape index (κ2) is 3.94. The van der Waals surface area contributed by atoms with Crippen LogP contribution in [-0.2, 0) is 0 Å². The minimum absolute atomic E-state index is 1.33. The van der Waals surface area contributed by atoms with Crippen LogP contribution in [0.25, 0.3) is 31.3 Å². The predicted molar refractivity (Wildman–Crippen MR) is 82.6 cm³/mol. The van der Waals surface area contributed by atoms with Crippen molar-refractivity contribution in [3.05, 3.63) is 59.3 Å². The van der Waals surface area contributed by atoms with E-state index in [1.165, 1.54) is 31.3 Å². The first-order valence-electron chi connectivity index (χ1n) is 5.86. The second-order valence-electron chi connectivity index (χ2n) is 4.29. The van der Waals surface area contributed by atoms with Gasteiger partial charge in [-0.3, -0.25) is 0 Å². The largest absolute Gasteiger partial charge is 0.144 e. The standard InChI is InChI=1S/C16H10S2/c1-2-5-13-11(4-1)10-12-7-9-18-16(12)15(13)14-6-3-8-17-14/h1-10H. The third-order valence-corrected chi connectivity index (χ3v) is 5.07. The second-order valence-corrected chi connectivity index (χ2v) is 6.15. The molecule has 2 aromatic heterocycles. The molecule has 0 nitrogen and oxygen atoms in total. The van der Waals surface area contributed by atoms with E-state index in [2.05, 4.69) is 59.3 Å². The van der Waals surface area contributed by atoms with Crippen molar-refractivity contribution >= 4 is 43.5 Å². The smallest absolute Gasteiger partial charge is 0.0435 e. The van der Waals surface area contributed by atoms with Crippen LogP contribution in [0.15, 0.2) is 59.3 Å². The SMILES string of the molecule is c1csc(-c2c3ccccc3cc3ccsc23)c1. The van der Waals surface area contributed by atoms with E-state index in [4.69, 9.17) is 0 Å². The molecule has 0 spiro atoms. The Kier molecular flexibility index (Phi) is 2.25. The Morgan fingerprint density at radius 1 is 0.722 bits per heavy atom. The summed E-state index contributed by atoms with van der Waals surface area (Å²) in [5.41, 5.74) is 1.40. The van der Waals surface area contributed by atoms with Crippen LogP contribution in [0.4, 0.5) is 0 Å². The van der Waals surface area contributed by atoms with E-state index >= 15 is 0 Å². The average molecular weight is 266 g/mol. The van der Waals surface area contributed by atoms with Crippen LogP contribution in [0.2, 0.25) is 0 Å². The summed E-state index contributed by atoms with van der Waals surface area (Å²) in [6.45, 7) is 0. The number of rotatable bonds is 1. The molecular weight excluding hydrogens is 256 g/mol. The van der Waals surface area contributed by atoms with Crippen LogP contribution in [0, 0.1) is 0 Å². The van der Waals surface area contributed by atoms with Gasteiger partial charge in [-0.25, -0.2) is 0 Å². The number of fused-ring (bicyclic) bond motifs is 2. The van der Waals surface area contributed by atoms with Crippen molar-refractivity contribution in [1.82, 2.24) is 0 Å². The molecule has 0 saturated carbocycles. The minimum Gasteiger partial charge on any atom is -0.144 e. The lowest BCUT2D eigenvalue weighted by Gasteiger charge is -2.06. The van der Waals surface area contributed by atoms with Gasteiger partial charge in [-0.15, -0.1) is 22.7 Å². The lowest BCUT2D eigenvalue weighted by atomic mass is 10.0. The fourth-order valence-electron chi connectivity index (χ4n) is 2.44. The predicted octanol–water partition coefficient (Wildman–Crippen LogP) is 5.78. The maximum Gasteiger partial charge on any atom is 0.0435 e. The molecule has 2 heteroatoms. The molecule has 0 N–H and O–H groups in total. The van der Waals surface area contributed by atoms with Gasteiger partial charge >= 0.3 is 0 Å². The summed E-state index contributed by atoms with van der Waals surface area (Å²) in [7, 11) is 0. The van der Waals surface area contributed by atoms with Crippen molar-refractivity contribution in [2.45, 2.75) is 0 Å². The zero-order chi connectivity index (χ0) is 11.9. The number of hydrogen-bond acceptors (Lipinski definition) is 2. The van der Waals surface area contributed by atoms with E-state index in [0.29, 0.717) is 0 Å². The Hall–Kier alpha value is -1.64. The van der Waals surface area contributed by atoms with Gasteiger partial charge in [0.1, 0.15) is 0 Å². The molecular formula is C16H10S2. The van der Waals surface area contributed by atoms with Crippen molar-refractivity contribution in [1.29, 1.82) is 0 Å². The minimum atomic E-state index is 1.33. The van der Waals surface area contributed by atoms with E-state index in [1.54, 1.807) is 0 Å². The van der Waals surface area contributed by atoms with Crippen molar-refractivity contribution in [2.75, 3.05) is 0 Å². The summed E-state index contributed by atoms with van der Waals surface area (Å²) < 4.78 is 1.40. The van der Waals surface area contributed by atoms with E-state index in [9.17, 15) is 0 Å². The Balaban J connectivity index is 2.27. The maximum atomic E-state index is 2.29. The topological polar surface area (TPSA) is 0 Å². The molecule has 2 aromatic carbocycles. The van der Waals surface area contributed by atoms with Crippen molar-refractivity contribution in [3.63, 3.8) is 0 Å². The summed E-state index contributed by atoms with van der Waals surface area (Å²) in [5.74, 6) is 0. The molecule has 0 aliphatic rings. The summed E-state index contributed by atoms with van der Waals surface area (Å²) >= 11 is 3.65. The summed E-state index contributed by atoms with van der Waals surface area (Å²) in [4.78, 5) is 1.36. The normalized spacial score (nSPS) is 11.3. The molecule has 4 rings (SSSR count). The summed E-state index contributed by atoms with van der Waals surface area (Å²) in [6, 6.07) is 17.5. The Bertz CT molecular complexity index is 823. The highest BCUT2D eigenvalue weighted by atomic mass is 32.1. The van der Waals surface area contributed by atoms with Crippen molar-refractivity contribution < 1.29 is 0 Å². The molecule has 18 heavy (non-hydrogen) atoms. The molecule has 0 fully saturated rings. The van der Waals surface area contributed by atoms with Crippen LogP contribution >= 0.6 is 22.7 Å². The molecule has 86 valence electrons. The van der Waals surface area contributed by atoms with E-state index < -0.39 is 0 Å². The van der Waals surface area contributed by atoms with Gasteiger partial charge in [0.05, 0.1) is 0 Å². The lowest BCUT2D eigenvalue weighted by molar-refractivity contribution is 1.80. The molecule has 0 amide bonds. The third kappa shape index (κ3) is 1.43. The van der Waals surface area contributed by atoms with Crippen LogP contribution in [0.3, 0.4) is 0 Å². The first-order chi connectivity index (χ1) is 8.93. The molecule has 0 bridgehead atoms. The molecule has 0 aliphatic heterocycles. The highest BCUT2D eigenvalue weighted by molar-refractivity contribution is 7.19. The van der Waals surface area contributed by atoms with Gasteiger partial charge < -0.3 is 0 Å². The number of thiophene rings is 2. The van der Waals surface area contributed by atoms with Crippen molar-refractivity contribution in [2.24, 2.45) is 0 Å². The Morgan fingerprint density at radius 2 is 1.67 bits per heavy atom. The van der Waals surface area contributed by atoms with E-state index in [0.717, 1.165) is 0 Å². The fraction of sp³-hybridized carbons (Fsp3) is 0. The Morgan fingerprint density at radius 3 is 2.56 bits per heavy atom. The Labute approximate surface area is 113 Å². The van der Waals surface area contributed by atoms with Crippen LogP contribution in [0.5, 0.6) is 0 Å². The zero-order valence-electron chi connectivity index (χ0n) is 9.59. The maximum absolute atomic E-state index is 2.29. The average Bonchev–Trinajstić information content (AvgIpc) is 3.06. The van der Waals surface area contributed by atoms with Gasteiger partial charge in [-0.1, -0.05) is 30.3 Å². The van der Waals surface area contributed by atoms with Gasteiger partial charge in [0, 0.05) is 15.1 Å². The summed E-state index contributed by atoms with van der Waals surface area (Å²) in [5, 5.41) is 8.36. The van der Waals surface area contributed by atoms with Gasteiger partial charge in [-0.2, -0.15) is 0 Å². The summed E-state index contributed by atoms with van der Waals surface area (Å²) in [6.07, 6.45) is 0. The first-order valence-corrected chi connectivity index (χ1v) is 7.62. The quantitative estimate of drug-likeness (QED) is 0.409. The van der Waals surface area contributed by atoms with E-state index in [1.807, 2.05) is 22.7 Å². The highest BCUT2D eigenvalue weighted by Gasteiger charge is 2.11. The van der Waals surface area contributed by atoms with Gasteiger partial charge in [-0.05, 0) is 45.1 Å². The van der Waals surface area contributed by atoms with Crippen LogP contribution < -0.4 is 0 Å². The van der Waals surface area contributed by atoms with Crippen molar-refractivity contribution in [3.8, 4) is 10.4 Å². The molecule has 0 aliphatic carbocycles. The van der Waals surface area contributed by atoms with Gasteiger partial charge in [0.15, 0.2) is 0 Å². The molecule has 4 aromatic rings. The number of hydrogen-bond donors (Lipinski definition) is 0.